The number of urea groups is 1. The third kappa shape index (κ3) is 7.47. The molecular formula is C31H43ClN2O8. The smallest absolute Gasteiger partial charge is 0.329 e. The number of carbonyl (C=O) groups is 2. The van der Waals surface area contributed by atoms with Gasteiger partial charge in [-0.25, -0.2) is 9.59 Å². The molecule has 11 heteroatoms. The SMILES string of the molecule is CCOc1cc([C@@H](C)N(CCO[C@@H](C)c2ccccc2)C(=O)NC2(C(=O)O)CC(OC)C2)c(Cl)c(OCC)c1C(C)O. The fraction of sp³-hybridized carbons (Fsp3) is 0.548. The van der Waals surface area contributed by atoms with E-state index in [2.05, 4.69) is 5.32 Å². The highest BCUT2D eigenvalue weighted by atomic mass is 35.5. The first-order valence-corrected chi connectivity index (χ1v) is 14.7. The number of carbonyl (C=O) groups excluding carboxylic acids is 1. The van der Waals surface area contributed by atoms with E-state index in [1.165, 1.54) is 12.0 Å². The third-order valence-corrected chi connectivity index (χ3v) is 8.03. The van der Waals surface area contributed by atoms with Gasteiger partial charge in [-0.15, -0.1) is 0 Å². The number of hydrogen-bond donors (Lipinski definition) is 3. The Hall–Kier alpha value is -3.05. The zero-order chi connectivity index (χ0) is 31.0. The average Bonchev–Trinajstić information content (AvgIpc) is 2.94. The quantitative estimate of drug-likeness (QED) is 0.237. The Labute approximate surface area is 252 Å². The fourth-order valence-corrected chi connectivity index (χ4v) is 5.55. The minimum absolute atomic E-state index is 0.135. The van der Waals surface area contributed by atoms with Gasteiger partial charge in [-0.3, -0.25) is 0 Å². The molecule has 1 aliphatic rings. The number of carboxylic acids is 1. The molecule has 0 radical (unpaired) electrons. The Morgan fingerprint density at radius 2 is 1.76 bits per heavy atom. The maximum absolute atomic E-state index is 13.8. The topological polar surface area (TPSA) is 127 Å². The molecule has 0 saturated heterocycles. The number of hydrogen-bond acceptors (Lipinski definition) is 7. The van der Waals surface area contributed by atoms with Crippen LogP contribution in [0, 0.1) is 0 Å². The Morgan fingerprint density at radius 1 is 1.12 bits per heavy atom. The van der Waals surface area contributed by atoms with Crippen LogP contribution in [-0.4, -0.2) is 72.2 Å². The number of ether oxygens (including phenoxy) is 4. The number of carboxylic acid groups (broad SMARTS) is 1. The van der Waals surface area contributed by atoms with E-state index in [4.69, 9.17) is 30.5 Å². The summed E-state index contributed by atoms with van der Waals surface area (Å²) in [5.74, 6) is -0.456. The molecule has 3 N–H and O–H groups in total. The summed E-state index contributed by atoms with van der Waals surface area (Å²) in [4.78, 5) is 27.5. The van der Waals surface area contributed by atoms with Crippen LogP contribution in [0.15, 0.2) is 36.4 Å². The zero-order valence-electron chi connectivity index (χ0n) is 25.2. The highest BCUT2D eigenvalue weighted by Gasteiger charge is 2.52. The van der Waals surface area contributed by atoms with E-state index in [-0.39, 0.29) is 49.0 Å². The van der Waals surface area contributed by atoms with Gasteiger partial charge in [0.15, 0.2) is 0 Å². The van der Waals surface area contributed by atoms with E-state index in [1.54, 1.807) is 26.8 Å². The highest BCUT2D eigenvalue weighted by molar-refractivity contribution is 6.33. The summed E-state index contributed by atoms with van der Waals surface area (Å²) < 4.78 is 23.1. The number of rotatable bonds is 15. The molecule has 1 aliphatic carbocycles. The van der Waals surface area contributed by atoms with Crippen LogP contribution in [0.1, 0.15) is 82.4 Å². The molecule has 2 aromatic rings. The van der Waals surface area contributed by atoms with Crippen LogP contribution in [-0.2, 0) is 14.3 Å². The molecule has 1 saturated carbocycles. The van der Waals surface area contributed by atoms with Crippen molar-refractivity contribution in [1.29, 1.82) is 0 Å². The monoisotopic (exact) mass is 606 g/mol. The zero-order valence-corrected chi connectivity index (χ0v) is 25.9. The molecule has 0 aromatic heterocycles. The number of halogens is 1. The first kappa shape index (κ1) is 33.5. The fourth-order valence-electron chi connectivity index (χ4n) is 5.18. The summed E-state index contributed by atoms with van der Waals surface area (Å²) >= 11 is 6.89. The molecule has 232 valence electrons. The van der Waals surface area contributed by atoms with Crippen molar-refractivity contribution in [2.24, 2.45) is 0 Å². The van der Waals surface area contributed by atoms with E-state index in [1.807, 2.05) is 44.2 Å². The van der Waals surface area contributed by atoms with Crippen LogP contribution in [0.25, 0.3) is 0 Å². The number of benzene rings is 2. The van der Waals surface area contributed by atoms with Gasteiger partial charge < -0.3 is 39.4 Å². The lowest BCUT2D eigenvalue weighted by Gasteiger charge is -2.45. The van der Waals surface area contributed by atoms with Crippen LogP contribution < -0.4 is 14.8 Å². The summed E-state index contributed by atoms with van der Waals surface area (Å²) in [6.45, 7) is 9.88. The number of nitrogens with one attached hydrogen (secondary N) is 1. The lowest BCUT2D eigenvalue weighted by molar-refractivity contribution is -0.155. The van der Waals surface area contributed by atoms with Crippen LogP contribution >= 0.6 is 11.6 Å². The lowest BCUT2D eigenvalue weighted by Crippen LogP contribution is -2.66. The molecule has 0 aliphatic heterocycles. The molecule has 0 bridgehead atoms. The number of aliphatic hydroxyl groups excluding tert-OH is 1. The normalized spacial score (nSPS) is 20.1. The van der Waals surface area contributed by atoms with Gasteiger partial charge in [0.05, 0.1) is 54.8 Å². The molecule has 0 heterocycles. The van der Waals surface area contributed by atoms with Gasteiger partial charge in [-0.1, -0.05) is 41.9 Å². The third-order valence-electron chi connectivity index (χ3n) is 7.64. The molecular weight excluding hydrogens is 564 g/mol. The van der Waals surface area contributed by atoms with Crippen LogP contribution in [0.3, 0.4) is 0 Å². The van der Waals surface area contributed by atoms with Crippen LogP contribution in [0.4, 0.5) is 4.79 Å². The van der Waals surface area contributed by atoms with E-state index in [0.29, 0.717) is 30.1 Å². The first-order chi connectivity index (χ1) is 20.0. The van der Waals surface area contributed by atoms with Crippen molar-refractivity contribution in [1.82, 2.24) is 10.2 Å². The standard InChI is InChI=1S/C31H43ClN2O8/c1-7-40-25-16-24(27(32)28(41-8-2)26(25)20(4)35)19(3)34(14-15-42-21(5)22-12-10-9-11-13-22)30(38)33-31(29(36)37)17-23(18-31)39-6/h9-13,16,19-21,23,35H,7-8,14-15,17-18H2,1-6H3,(H,33,38)(H,36,37)/t19-,20?,21+,23?,31?/m1/s1. The van der Waals surface area contributed by atoms with Crippen molar-refractivity contribution in [3.63, 3.8) is 0 Å². The van der Waals surface area contributed by atoms with Crippen molar-refractivity contribution in [2.75, 3.05) is 33.5 Å². The molecule has 1 fully saturated rings. The van der Waals surface area contributed by atoms with E-state index in [0.717, 1.165) is 5.56 Å². The Bertz CT molecular complexity index is 1200. The van der Waals surface area contributed by atoms with Gasteiger partial charge in [0.2, 0.25) is 0 Å². The minimum Gasteiger partial charge on any atom is -0.493 e. The number of amides is 2. The van der Waals surface area contributed by atoms with Crippen molar-refractivity contribution in [2.45, 2.75) is 77.4 Å². The number of nitrogens with zero attached hydrogens (tertiary/aromatic N) is 1. The van der Waals surface area contributed by atoms with Gasteiger partial charge in [0.1, 0.15) is 17.0 Å². The van der Waals surface area contributed by atoms with Gasteiger partial charge in [0, 0.05) is 32.1 Å². The first-order valence-electron chi connectivity index (χ1n) is 14.3. The minimum atomic E-state index is -1.44. The Kier molecular flexibility index (Phi) is 11.9. The van der Waals surface area contributed by atoms with Crippen molar-refractivity contribution in [3.05, 3.63) is 58.1 Å². The average molecular weight is 607 g/mol. The molecule has 3 rings (SSSR count). The van der Waals surface area contributed by atoms with Crippen molar-refractivity contribution >= 4 is 23.6 Å². The Morgan fingerprint density at radius 3 is 2.31 bits per heavy atom. The van der Waals surface area contributed by atoms with E-state index >= 15 is 0 Å². The van der Waals surface area contributed by atoms with E-state index in [9.17, 15) is 19.8 Å². The predicted octanol–water partition coefficient (Wildman–Crippen LogP) is 5.67. The maximum Gasteiger partial charge on any atom is 0.329 e. The molecule has 0 spiro atoms. The molecule has 10 nitrogen and oxygen atoms in total. The summed E-state index contributed by atoms with van der Waals surface area (Å²) in [6.07, 6.45) is -1.10. The molecule has 3 atom stereocenters. The largest absolute Gasteiger partial charge is 0.493 e. The van der Waals surface area contributed by atoms with Gasteiger partial charge in [0.25, 0.3) is 0 Å². The predicted molar refractivity (Wildman–Crippen MR) is 159 cm³/mol. The second-order valence-electron chi connectivity index (χ2n) is 10.4. The number of methoxy groups -OCH3 is 1. The van der Waals surface area contributed by atoms with Crippen LogP contribution in [0.5, 0.6) is 11.5 Å². The summed E-state index contributed by atoms with van der Waals surface area (Å²) in [5.41, 5.74) is 0.486. The second-order valence-corrected chi connectivity index (χ2v) is 10.8. The highest BCUT2D eigenvalue weighted by Crippen LogP contribution is 2.45. The summed E-state index contributed by atoms with van der Waals surface area (Å²) in [6, 6.07) is 10.2. The number of aliphatic carboxylic acids is 1. The maximum atomic E-state index is 13.8. The van der Waals surface area contributed by atoms with E-state index < -0.39 is 29.7 Å². The van der Waals surface area contributed by atoms with Crippen molar-refractivity contribution < 1.29 is 38.7 Å². The summed E-state index contributed by atoms with van der Waals surface area (Å²) in [7, 11) is 1.52. The van der Waals surface area contributed by atoms with Gasteiger partial charge in [-0.05, 0) is 46.2 Å². The molecule has 42 heavy (non-hydrogen) atoms. The molecule has 2 amide bonds. The summed E-state index contributed by atoms with van der Waals surface area (Å²) in [5, 5.41) is 23.5. The van der Waals surface area contributed by atoms with Crippen molar-refractivity contribution in [3.8, 4) is 11.5 Å². The van der Waals surface area contributed by atoms with Gasteiger partial charge in [-0.2, -0.15) is 0 Å². The van der Waals surface area contributed by atoms with Crippen LogP contribution in [0.2, 0.25) is 5.02 Å². The lowest BCUT2D eigenvalue weighted by atomic mass is 9.74. The molecule has 2 aromatic carbocycles. The Balaban J connectivity index is 1.97. The molecule has 1 unspecified atom stereocenters. The van der Waals surface area contributed by atoms with Gasteiger partial charge >= 0.3 is 12.0 Å². The second kappa shape index (κ2) is 14.9. The number of aliphatic hydroxyl groups is 1.